The maximum absolute atomic E-state index is 13.6. The fourth-order valence-corrected chi connectivity index (χ4v) is 1.88. The molecule has 0 unspecified atom stereocenters. The molecule has 0 fully saturated rings. The highest BCUT2D eigenvalue weighted by Crippen LogP contribution is 2.27. The molecule has 0 saturated heterocycles. The van der Waals surface area contributed by atoms with Crippen LogP contribution >= 0.6 is 15.9 Å². The molecule has 0 amide bonds. The number of fused-ring (bicyclic) bond motifs is 1. The minimum atomic E-state index is -0.530. The van der Waals surface area contributed by atoms with Gasteiger partial charge in [-0.1, -0.05) is 0 Å². The molecular weight excluding hydrogens is 251 g/mol. The summed E-state index contributed by atoms with van der Waals surface area (Å²) in [5.41, 5.74) is 0.471. The third-order valence-electron chi connectivity index (χ3n) is 2.12. The Morgan fingerprint density at radius 2 is 2.36 bits per heavy atom. The average Bonchev–Trinajstić information content (AvgIpc) is 2.41. The summed E-state index contributed by atoms with van der Waals surface area (Å²) in [4.78, 5) is 14.6. The summed E-state index contributed by atoms with van der Waals surface area (Å²) in [7, 11) is 1.61. The highest BCUT2D eigenvalue weighted by molar-refractivity contribution is 9.10. The topological polar surface area (TPSA) is 34.9 Å². The van der Waals surface area contributed by atoms with Gasteiger partial charge in [-0.05, 0) is 22.0 Å². The van der Waals surface area contributed by atoms with Crippen LogP contribution < -0.4 is 0 Å². The van der Waals surface area contributed by atoms with E-state index >= 15 is 0 Å². The Labute approximate surface area is 87.7 Å². The molecule has 0 atom stereocenters. The molecule has 0 radical (unpaired) electrons. The zero-order chi connectivity index (χ0) is 10.3. The lowest BCUT2D eigenvalue weighted by Gasteiger charge is -1.95. The van der Waals surface area contributed by atoms with Crippen LogP contribution in [0.1, 0.15) is 10.5 Å². The fourth-order valence-electron chi connectivity index (χ4n) is 1.41. The molecule has 2 rings (SSSR count). The maximum Gasteiger partial charge on any atom is 0.169 e. The summed E-state index contributed by atoms with van der Waals surface area (Å²) in [5.74, 6) is -0.530. The standard InChI is InChI=1S/C9H6BrFN2O/c1-13-6(4-14)8(11)7-5(10)2-3-12-9(7)13/h2-4H,1H3. The molecule has 0 bridgehead atoms. The molecule has 0 N–H and O–H groups in total. The van der Waals surface area contributed by atoms with Crippen molar-refractivity contribution >= 4 is 33.2 Å². The number of halogens is 2. The van der Waals surface area contributed by atoms with Gasteiger partial charge in [0.25, 0.3) is 0 Å². The predicted octanol–water partition coefficient (Wildman–Crippen LogP) is 2.29. The Hall–Kier alpha value is -1.23. The molecule has 2 aromatic rings. The SMILES string of the molecule is Cn1c(C=O)c(F)c2c(Br)ccnc21. The van der Waals surface area contributed by atoms with Gasteiger partial charge in [0, 0.05) is 17.7 Å². The molecule has 0 aliphatic heterocycles. The summed E-state index contributed by atoms with van der Waals surface area (Å²) in [6, 6.07) is 1.64. The number of aryl methyl sites for hydroxylation is 1. The second kappa shape index (κ2) is 3.16. The van der Waals surface area contributed by atoms with Crippen molar-refractivity contribution in [1.29, 1.82) is 0 Å². The molecule has 0 aliphatic carbocycles. The molecule has 14 heavy (non-hydrogen) atoms. The smallest absolute Gasteiger partial charge is 0.169 e. The highest BCUT2D eigenvalue weighted by Gasteiger charge is 2.17. The Morgan fingerprint density at radius 1 is 1.64 bits per heavy atom. The van der Waals surface area contributed by atoms with Crippen molar-refractivity contribution in [3.05, 3.63) is 28.2 Å². The van der Waals surface area contributed by atoms with Gasteiger partial charge in [0.1, 0.15) is 11.3 Å². The van der Waals surface area contributed by atoms with Crippen molar-refractivity contribution in [3.63, 3.8) is 0 Å². The first-order valence-corrected chi connectivity index (χ1v) is 4.69. The Morgan fingerprint density at radius 3 is 2.93 bits per heavy atom. The van der Waals surface area contributed by atoms with E-state index in [0.717, 1.165) is 0 Å². The van der Waals surface area contributed by atoms with Crippen LogP contribution in [-0.2, 0) is 7.05 Å². The number of rotatable bonds is 1. The second-order valence-electron chi connectivity index (χ2n) is 2.87. The van der Waals surface area contributed by atoms with E-state index in [-0.39, 0.29) is 5.69 Å². The lowest BCUT2D eigenvalue weighted by Crippen LogP contribution is -1.96. The van der Waals surface area contributed by atoms with Gasteiger partial charge < -0.3 is 4.57 Å². The lowest BCUT2D eigenvalue weighted by atomic mass is 10.3. The van der Waals surface area contributed by atoms with Gasteiger partial charge in [-0.15, -0.1) is 0 Å². The second-order valence-corrected chi connectivity index (χ2v) is 3.72. The minimum absolute atomic E-state index is 0.0133. The average molecular weight is 257 g/mol. The van der Waals surface area contributed by atoms with Gasteiger partial charge in [-0.2, -0.15) is 0 Å². The quantitative estimate of drug-likeness (QED) is 0.734. The normalized spacial score (nSPS) is 10.8. The number of aldehydes is 1. The fraction of sp³-hybridized carbons (Fsp3) is 0.111. The van der Waals surface area contributed by atoms with E-state index in [1.54, 1.807) is 19.3 Å². The van der Waals surface area contributed by atoms with Gasteiger partial charge in [0.05, 0.1) is 5.39 Å². The molecule has 5 heteroatoms. The zero-order valence-corrected chi connectivity index (χ0v) is 8.88. The Bertz CT molecular complexity index is 521. The van der Waals surface area contributed by atoms with Crippen molar-refractivity contribution < 1.29 is 9.18 Å². The molecule has 0 spiro atoms. The monoisotopic (exact) mass is 256 g/mol. The molecule has 3 nitrogen and oxygen atoms in total. The van der Waals surface area contributed by atoms with Crippen molar-refractivity contribution in [2.45, 2.75) is 0 Å². The third kappa shape index (κ3) is 1.09. The van der Waals surface area contributed by atoms with E-state index in [4.69, 9.17) is 0 Å². The first-order valence-electron chi connectivity index (χ1n) is 3.90. The number of carbonyl (C=O) groups excluding carboxylic acids is 1. The van der Waals surface area contributed by atoms with Crippen molar-refractivity contribution in [1.82, 2.24) is 9.55 Å². The summed E-state index contributed by atoms with van der Waals surface area (Å²) in [6.07, 6.45) is 2.05. The lowest BCUT2D eigenvalue weighted by molar-refractivity contribution is 0.111. The molecule has 0 saturated carbocycles. The van der Waals surface area contributed by atoms with E-state index in [2.05, 4.69) is 20.9 Å². The van der Waals surface area contributed by atoms with E-state index in [0.29, 0.717) is 21.8 Å². The van der Waals surface area contributed by atoms with E-state index in [1.165, 1.54) is 4.57 Å². The molecule has 2 aromatic heterocycles. The van der Waals surface area contributed by atoms with Gasteiger partial charge >= 0.3 is 0 Å². The van der Waals surface area contributed by atoms with Gasteiger partial charge in [0.15, 0.2) is 12.1 Å². The van der Waals surface area contributed by atoms with Gasteiger partial charge in [0.2, 0.25) is 0 Å². The predicted molar refractivity (Wildman–Crippen MR) is 53.8 cm³/mol. The first-order chi connectivity index (χ1) is 6.66. The summed E-state index contributed by atoms with van der Waals surface area (Å²) < 4.78 is 15.7. The first kappa shape index (κ1) is 9.33. The van der Waals surface area contributed by atoms with Crippen molar-refractivity contribution in [2.75, 3.05) is 0 Å². The number of aromatic nitrogens is 2. The summed E-state index contributed by atoms with van der Waals surface area (Å²) in [5, 5.41) is 0.345. The van der Waals surface area contributed by atoms with Crippen molar-refractivity contribution in [2.24, 2.45) is 7.05 Å². The van der Waals surface area contributed by atoms with Crippen LogP contribution in [0.25, 0.3) is 11.0 Å². The van der Waals surface area contributed by atoms with Gasteiger partial charge in [-0.3, -0.25) is 4.79 Å². The highest BCUT2D eigenvalue weighted by atomic mass is 79.9. The summed E-state index contributed by atoms with van der Waals surface area (Å²) >= 11 is 3.22. The Balaban J connectivity index is 3.01. The van der Waals surface area contributed by atoms with Crippen LogP contribution in [0.3, 0.4) is 0 Å². The van der Waals surface area contributed by atoms with Crippen molar-refractivity contribution in [3.8, 4) is 0 Å². The van der Waals surface area contributed by atoms with Crippen LogP contribution in [0.5, 0.6) is 0 Å². The van der Waals surface area contributed by atoms with Crippen LogP contribution in [-0.4, -0.2) is 15.8 Å². The Kier molecular flexibility index (Phi) is 2.11. The minimum Gasteiger partial charge on any atom is -0.324 e. The van der Waals surface area contributed by atoms with E-state index in [1.807, 2.05) is 0 Å². The number of nitrogens with zero attached hydrogens (tertiary/aromatic N) is 2. The van der Waals surface area contributed by atoms with Gasteiger partial charge in [-0.25, -0.2) is 9.37 Å². The van der Waals surface area contributed by atoms with E-state index < -0.39 is 5.82 Å². The molecular formula is C9H6BrFN2O. The molecule has 2 heterocycles. The van der Waals surface area contributed by atoms with Crippen LogP contribution in [0.15, 0.2) is 16.7 Å². The molecule has 72 valence electrons. The summed E-state index contributed by atoms with van der Waals surface area (Å²) in [6.45, 7) is 0. The van der Waals surface area contributed by atoms with Crippen LogP contribution in [0.2, 0.25) is 0 Å². The number of hydrogen-bond donors (Lipinski definition) is 0. The third-order valence-corrected chi connectivity index (χ3v) is 2.78. The molecule has 0 aliphatic rings. The number of hydrogen-bond acceptors (Lipinski definition) is 2. The number of carbonyl (C=O) groups is 1. The zero-order valence-electron chi connectivity index (χ0n) is 7.29. The maximum atomic E-state index is 13.6. The molecule has 0 aromatic carbocycles. The van der Waals surface area contributed by atoms with Crippen LogP contribution in [0, 0.1) is 5.82 Å². The number of pyridine rings is 1. The largest absolute Gasteiger partial charge is 0.324 e. The van der Waals surface area contributed by atoms with E-state index in [9.17, 15) is 9.18 Å². The van der Waals surface area contributed by atoms with Crippen LogP contribution in [0.4, 0.5) is 4.39 Å².